The second-order valence-corrected chi connectivity index (χ2v) is 4.71. The second kappa shape index (κ2) is 7.17. The molecule has 0 radical (unpaired) electrons. The molecule has 4 N–H and O–H groups in total. The summed E-state index contributed by atoms with van der Waals surface area (Å²) in [6.45, 7) is 1.71. The van der Waals surface area contributed by atoms with Gasteiger partial charge < -0.3 is 11.1 Å². The van der Waals surface area contributed by atoms with E-state index < -0.39 is 11.8 Å². The number of nitrogens with one attached hydrogen (secondary N) is 2. The molecular formula is C16H15FN4O2. The smallest absolute Gasteiger partial charge is 0.332 e. The highest BCUT2D eigenvalue weighted by Crippen LogP contribution is 2.12. The Kier molecular flexibility index (Phi) is 5.03. The molecular weight excluding hydrogens is 299 g/mol. The molecule has 0 bridgehead atoms. The van der Waals surface area contributed by atoms with E-state index in [2.05, 4.69) is 15.8 Å². The minimum Gasteiger partial charge on any atom is -0.350 e. The molecule has 0 unspecified atom stereocenters. The highest BCUT2D eigenvalue weighted by Gasteiger charge is 2.06. The molecule has 0 fully saturated rings. The second-order valence-electron chi connectivity index (χ2n) is 4.71. The first-order valence-corrected chi connectivity index (χ1v) is 6.73. The van der Waals surface area contributed by atoms with Gasteiger partial charge in [0.25, 0.3) is 5.91 Å². The lowest BCUT2D eigenvalue weighted by Gasteiger charge is -2.07. The van der Waals surface area contributed by atoms with Crippen molar-refractivity contribution in [2.75, 3.05) is 5.32 Å². The molecule has 0 aliphatic carbocycles. The number of hydrogen-bond donors (Lipinski definition) is 3. The number of carbonyl (C=O) groups excluding carboxylic acids is 2. The van der Waals surface area contributed by atoms with Gasteiger partial charge in [0.1, 0.15) is 5.82 Å². The number of urea groups is 1. The average molecular weight is 314 g/mol. The van der Waals surface area contributed by atoms with Gasteiger partial charge in [-0.25, -0.2) is 14.6 Å². The largest absolute Gasteiger partial charge is 0.350 e. The van der Waals surface area contributed by atoms with E-state index in [-0.39, 0.29) is 5.91 Å². The fourth-order valence-electron chi connectivity index (χ4n) is 1.80. The number of nitrogens with two attached hydrogens (primary N) is 1. The van der Waals surface area contributed by atoms with Crippen molar-refractivity contribution in [3.63, 3.8) is 0 Å². The Hall–Kier alpha value is -3.22. The maximum atomic E-state index is 12.8. The SMILES string of the molecule is C/C(=N\NC(N)=O)c1ccc(NC(=O)c2ccc(F)cc2)cc1. The van der Waals surface area contributed by atoms with Gasteiger partial charge in [0.05, 0.1) is 5.71 Å². The quantitative estimate of drug-likeness (QED) is 0.597. The molecule has 0 heterocycles. The number of halogens is 1. The Morgan fingerprint density at radius 3 is 2.13 bits per heavy atom. The topological polar surface area (TPSA) is 96.6 Å². The van der Waals surface area contributed by atoms with Gasteiger partial charge in [0.15, 0.2) is 0 Å². The number of benzene rings is 2. The molecule has 6 nitrogen and oxygen atoms in total. The first-order valence-electron chi connectivity index (χ1n) is 6.73. The highest BCUT2D eigenvalue weighted by atomic mass is 19.1. The first kappa shape index (κ1) is 16.2. The number of hydrogen-bond acceptors (Lipinski definition) is 3. The predicted molar refractivity (Wildman–Crippen MR) is 85.7 cm³/mol. The van der Waals surface area contributed by atoms with Crippen LogP contribution in [0.1, 0.15) is 22.8 Å². The Labute approximate surface area is 132 Å². The number of nitrogens with zero attached hydrogens (tertiary/aromatic N) is 1. The normalized spacial score (nSPS) is 11.0. The third kappa shape index (κ3) is 4.63. The van der Waals surface area contributed by atoms with E-state index in [1.54, 1.807) is 31.2 Å². The van der Waals surface area contributed by atoms with Crippen LogP contribution in [0.25, 0.3) is 0 Å². The molecule has 2 rings (SSSR count). The minimum absolute atomic E-state index is 0.335. The summed E-state index contributed by atoms with van der Waals surface area (Å²) in [4.78, 5) is 22.6. The number of hydrazone groups is 1. The van der Waals surface area contributed by atoms with Crippen LogP contribution in [0, 0.1) is 5.82 Å². The van der Waals surface area contributed by atoms with E-state index in [1.807, 2.05) is 0 Å². The Morgan fingerprint density at radius 2 is 1.57 bits per heavy atom. The number of carbonyl (C=O) groups is 2. The highest BCUT2D eigenvalue weighted by molar-refractivity contribution is 6.04. The van der Waals surface area contributed by atoms with Crippen molar-refractivity contribution in [3.05, 3.63) is 65.5 Å². The van der Waals surface area contributed by atoms with Crippen molar-refractivity contribution < 1.29 is 14.0 Å². The van der Waals surface area contributed by atoms with Crippen molar-refractivity contribution >= 4 is 23.3 Å². The summed E-state index contributed by atoms with van der Waals surface area (Å²) in [5, 5.41) is 6.51. The summed E-state index contributed by atoms with van der Waals surface area (Å²) in [6, 6.07) is 11.4. The lowest BCUT2D eigenvalue weighted by molar-refractivity contribution is 0.102. The van der Waals surface area contributed by atoms with Crippen molar-refractivity contribution in [2.45, 2.75) is 6.92 Å². The fraction of sp³-hybridized carbons (Fsp3) is 0.0625. The molecule has 118 valence electrons. The number of anilines is 1. The van der Waals surface area contributed by atoms with Crippen molar-refractivity contribution in [1.82, 2.24) is 5.43 Å². The lowest BCUT2D eigenvalue weighted by atomic mass is 10.1. The third-order valence-electron chi connectivity index (χ3n) is 3.00. The van der Waals surface area contributed by atoms with Crippen LogP contribution in [-0.2, 0) is 0 Å². The molecule has 7 heteroatoms. The molecule has 0 aromatic heterocycles. The zero-order chi connectivity index (χ0) is 16.8. The Bertz CT molecular complexity index is 740. The van der Waals surface area contributed by atoms with Crippen molar-refractivity contribution in [2.24, 2.45) is 10.8 Å². The van der Waals surface area contributed by atoms with Gasteiger partial charge in [0, 0.05) is 11.3 Å². The summed E-state index contributed by atoms with van der Waals surface area (Å²) < 4.78 is 12.8. The van der Waals surface area contributed by atoms with Gasteiger partial charge >= 0.3 is 6.03 Å². The van der Waals surface area contributed by atoms with Gasteiger partial charge in [-0.3, -0.25) is 4.79 Å². The van der Waals surface area contributed by atoms with E-state index >= 15 is 0 Å². The summed E-state index contributed by atoms with van der Waals surface area (Å²) in [5.41, 5.74) is 9.35. The molecule has 3 amide bonds. The first-order chi connectivity index (χ1) is 11.0. The summed E-state index contributed by atoms with van der Waals surface area (Å²) in [5.74, 6) is -0.733. The molecule has 0 aliphatic heterocycles. The standard InChI is InChI=1S/C16H15FN4O2/c1-10(20-21-16(18)23)11-4-8-14(9-5-11)19-15(22)12-2-6-13(17)7-3-12/h2-9H,1H3,(H,19,22)(H3,18,21,23)/b20-10+. The Balaban J connectivity index is 2.05. The van der Waals surface area contributed by atoms with Crippen LogP contribution in [0.2, 0.25) is 0 Å². The molecule has 0 spiro atoms. The van der Waals surface area contributed by atoms with Gasteiger partial charge in [-0.15, -0.1) is 0 Å². The molecule has 2 aromatic carbocycles. The minimum atomic E-state index is -0.743. The van der Waals surface area contributed by atoms with Gasteiger partial charge in [-0.1, -0.05) is 12.1 Å². The lowest BCUT2D eigenvalue weighted by Crippen LogP contribution is -2.25. The van der Waals surface area contributed by atoms with Crippen LogP contribution in [0.15, 0.2) is 53.6 Å². The number of amides is 3. The van der Waals surface area contributed by atoms with E-state index in [0.29, 0.717) is 17.0 Å². The maximum Gasteiger partial charge on any atom is 0.332 e. The summed E-state index contributed by atoms with van der Waals surface area (Å²) in [7, 11) is 0. The molecule has 2 aromatic rings. The molecule has 0 saturated carbocycles. The number of rotatable bonds is 4. The molecule has 23 heavy (non-hydrogen) atoms. The van der Waals surface area contributed by atoms with E-state index in [9.17, 15) is 14.0 Å². The zero-order valence-electron chi connectivity index (χ0n) is 12.3. The Morgan fingerprint density at radius 1 is 1.00 bits per heavy atom. The fourth-order valence-corrected chi connectivity index (χ4v) is 1.80. The summed E-state index contributed by atoms with van der Waals surface area (Å²) in [6.07, 6.45) is 0. The van der Waals surface area contributed by atoms with Crippen LogP contribution in [-0.4, -0.2) is 17.6 Å². The maximum absolute atomic E-state index is 12.8. The zero-order valence-corrected chi connectivity index (χ0v) is 12.3. The van der Waals surface area contributed by atoms with E-state index in [1.165, 1.54) is 24.3 Å². The van der Waals surface area contributed by atoms with E-state index in [0.717, 1.165) is 5.56 Å². The van der Waals surface area contributed by atoms with E-state index in [4.69, 9.17) is 5.73 Å². The van der Waals surface area contributed by atoms with Crippen LogP contribution in [0.3, 0.4) is 0 Å². The molecule has 0 saturated heterocycles. The third-order valence-corrected chi connectivity index (χ3v) is 3.00. The van der Waals surface area contributed by atoms with Crippen LogP contribution in [0.4, 0.5) is 14.9 Å². The monoisotopic (exact) mass is 314 g/mol. The van der Waals surface area contributed by atoms with Crippen molar-refractivity contribution in [3.8, 4) is 0 Å². The predicted octanol–water partition coefficient (Wildman–Crippen LogP) is 2.47. The van der Waals surface area contributed by atoms with Crippen LogP contribution in [0.5, 0.6) is 0 Å². The van der Waals surface area contributed by atoms with Crippen molar-refractivity contribution in [1.29, 1.82) is 0 Å². The van der Waals surface area contributed by atoms with Gasteiger partial charge in [-0.05, 0) is 48.9 Å². The van der Waals surface area contributed by atoms with Gasteiger partial charge in [0.2, 0.25) is 0 Å². The number of primary amides is 1. The van der Waals surface area contributed by atoms with Crippen LogP contribution >= 0.6 is 0 Å². The van der Waals surface area contributed by atoms with Crippen LogP contribution < -0.4 is 16.5 Å². The molecule has 0 atom stereocenters. The summed E-state index contributed by atoms with van der Waals surface area (Å²) >= 11 is 0. The van der Waals surface area contributed by atoms with Gasteiger partial charge in [-0.2, -0.15) is 5.10 Å². The molecule has 0 aliphatic rings. The average Bonchev–Trinajstić information content (AvgIpc) is 2.54.